The molecule has 116 valence electrons. The van der Waals surface area contributed by atoms with Crippen molar-refractivity contribution in [3.8, 4) is 0 Å². The summed E-state index contributed by atoms with van der Waals surface area (Å²) < 4.78 is 33.2. The lowest BCUT2D eigenvalue weighted by Gasteiger charge is -2.35. The summed E-state index contributed by atoms with van der Waals surface area (Å²) in [6.45, 7) is 5.06. The number of rotatable bonds is 3. The van der Waals surface area contributed by atoms with Crippen molar-refractivity contribution >= 4 is 16.2 Å². The van der Waals surface area contributed by atoms with Gasteiger partial charge in [-0.1, -0.05) is 13.3 Å². The lowest BCUT2D eigenvalue weighted by atomic mass is 9.99. The normalized spacial score (nSPS) is 33.2. The number of piperidine rings is 1. The molecule has 20 heavy (non-hydrogen) atoms. The molecule has 0 radical (unpaired) electrons. The fraction of sp³-hybridized carbons (Fsp3) is 0.923. The Morgan fingerprint density at radius 2 is 1.90 bits per heavy atom. The van der Waals surface area contributed by atoms with Gasteiger partial charge in [0.25, 0.3) is 10.2 Å². The Balaban J connectivity index is 2.13. The molecule has 0 aromatic heterocycles. The van der Waals surface area contributed by atoms with Crippen LogP contribution in [-0.2, 0) is 19.7 Å². The molecule has 2 aliphatic heterocycles. The van der Waals surface area contributed by atoms with Gasteiger partial charge in [-0.2, -0.15) is 17.0 Å². The Morgan fingerprint density at radius 1 is 1.20 bits per heavy atom. The highest BCUT2D eigenvalue weighted by Gasteiger charge is 2.44. The monoisotopic (exact) mass is 304 g/mol. The molecule has 7 heteroatoms. The van der Waals surface area contributed by atoms with Gasteiger partial charge in [-0.15, -0.1) is 0 Å². The third kappa shape index (κ3) is 2.84. The molecule has 2 rings (SSSR count). The maximum absolute atomic E-state index is 12.7. The van der Waals surface area contributed by atoms with Crippen LogP contribution in [0.4, 0.5) is 0 Å². The van der Waals surface area contributed by atoms with E-state index in [1.807, 2.05) is 13.8 Å². The second kappa shape index (κ2) is 5.99. The van der Waals surface area contributed by atoms with Gasteiger partial charge in [-0.3, -0.25) is 4.79 Å². The zero-order chi connectivity index (χ0) is 14.9. The second-order valence-electron chi connectivity index (χ2n) is 5.89. The maximum Gasteiger partial charge on any atom is 0.310 e. The Bertz CT molecular complexity index is 465. The van der Waals surface area contributed by atoms with E-state index in [2.05, 4.69) is 0 Å². The van der Waals surface area contributed by atoms with Crippen molar-refractivity contribution in [3.63, 3.8) is 0 Å². The van der Waals surface area contributed by atoms with Crippen molar-refractivity contribution in [2.24, 2.45) is 11.8 Å². The highest BCUT2D eigenvalue weighted by molar-refractivity contribution is 7.86. The van der Waals surface area contributed by atoms with E-state index in [0.717, 1.165) is 19.3 Å². The molecular formula is C13H24N2O4S. The van der Waals surface area contributed by atoms with Crippen molar-refractivity contribution in [1.29, 1.82) is 0 Å². The lowest BCUT2D eigenvalue weighted by Crippen LogP contribution is -2.49. The van der Waals surface area contributed by atoms with Gasteiger partial charge >= 0.3 is 5.97 Å². The van der Waals surface area contributed by atoms with Crippen LogP contribution in [0, 0.1) is 11.8 Å². The molecule has 2 heterocycles. The molecule has 3 unspecified atom stereocenters. The molecule has 2 fully saturated rings. The van der Waals surface area contributed by atoms with Crippen LogP contribution in [0.5, 0.6) is 0 Å². The topological polar surface area (TPSA) is 66.9 Å². The molecule has 0 saturated carbocycles. The lowest BCUT2D eigenvalue weighted by molar-refractivity contribution is -0.145. The van der Waals surface area contributed by atoms with E-state index in [1.54, 1.807) is 4.31 Å². The third-order valence-corrected chi connectivity index (χ3v) is 6.53. The molecule has 0 aromatic rings. The fourth-order valence-corrected chi connectivity index (χ4v) is 5.12. The van der Waals surface area contributed by atoms with Crippen molar-refractivity contribution in [3.05, 3.63) is 0 Å². The van der Waals surface area contributed by atoms with Gasteiger partial charge < -0.3 is 4.74 Å². The predicted molar refractivity (Wildman–Crippen MR) is 75.2 cm³/mol. The Labute approximate surface area is 121 Å². The summed E-state index contributed by atoms with van der Waals surface area (Å²) in [7, 11) is -2.11. The van der Waals surface area contributed by atoms with E-state index >= 15 is 0 Å². The molecule has 0 spiro atoms. The standard InChI is InChI=1S/C13H24N2O4S/c1-10-8-14(9-12(10)13(16)19-3)20(17,18)15-7-5-4-6-11(15)2/h10-12H,4-9H2,1-3H3. The SMILES string of the molecule is COC(=O)C1CN(S(=O)(=O)N2CCCCC2C)CC1C. The molecule has 0 aliphatic carbocycles. The minimum Gasteiger partial charge on any atom is -0.469 e. The van der Waals surface area contributed by atoms with Gasteiger partial charge in [0.05, 0.1) is 13.0 Å². The van der Waals surface area contributed by atoms with Crippen molar-refractivity contribution in [2.45, 2.75) is 39.2 Å². The molecule has 3 atom stereocenters. The average Bonchev–Trinajstić information content (AvgIpc) is 2.81. The minimum absolute atomic E-state index is 0.00248. The van der Waals surface area contributed by atoms with Gasteiger partial charge in [0.2, 0.25) is 0 Å². The largest absolute Gasteiger partial charge is 0.469 e. The Morgan fingerprint density at radius 3 is 2.50 bits per heavy atom. The van der Waals surface area contributed by atoms with Crippen molar-refractivity contribution in [2.75, 3.05) is 26.7 Å². The second-order valence-corrected chi connectivity index (χ2v) is 7.77. The van der Waals surface area contributed by atoms with Crippen LogP contribution in [-0.4, -0.2) is 55.8 Å². The molecular weight excluding hydrogens is 280 g/mol. The van der Waals surface area contributed by atoms with E-state index in [1.165, 1.54) is 11.4 Å². The van der Waals surface area contributed by atoms with Gasteiger partial charge in [-0.25, -0.2) is 0 Å². The maximum atomic E-state index is 12.7. The number of hydrogen-bond donors (Lipinski definition) is 0. The van der Waals surface area contributed by atoms with Crippen LogP contribution in [0.15, 0.2) is 0 Å². The van der Waals surface area contributed by atoms with Crippen LogP contribution in [0.2, 0.25) is 0 Å². The first-order valence-electron chi connectivity index (χ1n) is 7.22. The summed E-state index contributed by atoms with van der Waals surface area (Å²) >= 11 is 0. The van der Waals surface area contributed by atoms with E-state index in [9.17, 15) is 13.2 Å². The molecule has 6 nitrogen and oxygen atoms in total. The molecule has 0 N–H and O–H groups in total. The van der Waals surface area contributed by atoms with Gasteiger partial charge in [0.1, 0.15) is 0 Å². The number of ether oxygens (including phenoxy) is 1. The summed E-state index contributed by atoms with van der Waals surface area (Å²) in [4.78, 5) is 11.7. The van der Waals surface area contributed by atoms with E-state index in [-0.39, 0.29) is 30.4 Å². The Kier molecular flexibility index (Phi) is 4.71. The Hall–Kier alpha value is -0.660. The van der Waals surface area contributed by atoms with Crippen LogP contribution >= 0.6 is 0 Å². The zero-order valence-electron chi connectivity index (χ0n) is 12.4. The quantitative estimate of drug-likeness (QED) is 0.725. The number of carbonyl (C=O) groups is 1. The third-order valence-electron chi connectivity index (χ3n) is 4.45. The molecule has 0 aromatic carbocycles. The van der Waals surface area contributed by atoms with E-state index < -0.39 is 10.2 Å². The van der Waals surface area contributed by atoms with Crippen LogP contribution in [0.3, 0.4) is 0 Å². The molecule has 2 saturated heterocycles. The first-order valence-corrected chi connectivity index (χ1v) is 8.62. The average molecular weight is 304 g/mol. The number of esters is 1. The number of carbonyl (C=O) groups excluding carboxylic acids is 1. The first kappa shape index (κ1) is 15.7. The summed E-state index contributed by atoms with van der Waals surface area (Å²) in [6.07, 6.45) is 2.89. The highest BCUT2D eigenvalue weighted by Crippen LogP contribution is 2.30. The minimum atomic E-state index is -3.46. The van der Waals surface area contributed by atoms with Crippen LogP contribution in [0.1, 0.15) is 33.1 Å². The van der Waals surface area contributed by atoms with Crippen molar-refractivity contribution in [1.82, 2.24) is 8.61 Å². The van der Waals surface area contributed by atoms with Gasteiger partial charge in [0.15, 0.2) is 0 Å². The zero-order valence-corrected chi connectivity index (χ0v) is 13.2. The molecule has 0 bridgehead atoms. The number of methoxy groups -OCH3 is 1. The molecule has 0 amide bonds. The van der Waals surface area contributed by atoms with Crippen molar-refractivity contribution < 1.29 is 17.9 Å². The van der Waals surface area contributed by atoms with Crippen LogP contribution < -0.4 is 0 Å². The highest BCUT2D eigenvalue weighted by atomic mass is 32.2. The first-order chi connectivity index (χ1) is 9.37. The summed E-state index contributed by atoms with van der Waals surface area (Å²) in [5, 5.41) is 0. The van der Waals surface area contributed by atoms with Gasteiger partial charge in [0, 0.05) is 25.7 Å². The van der Waals surface area contributed by atoms with Crippen LogP contribution in [0.25, 0.3) is 0 Å². The van der Waals surface area contributed by atoms with E-state index in [0.29, 0.717) is 13.1 Å². The van der Waals surface area contributed by atoms with Gasteiger partial charge in [-0.05, 0) is 25.7 Å². The smallest absolute Gasteiger partial charge is 0.310 e. The summed E-state index contributed by atoms with van der Waals surface area (Å²) in [5.74, 6) is -0.672. The fourth-order valence-electron chi connectivity index (χ4n) is 3.13. The number of nitrogens with zero attached hydrogens (tertiary/aromatic N) is 2. The summed E-state index contributed by atoms with van der Waals surface area (Å²) in [5.41, 5.74) is 0. The predicted octanol–water partition coefficient (Wildman–Crippen LogP) is 0.846. The number of hydrogen-bond acceptors (Lipinski definition) is 4. The van der Waals surface area contributed by atoms with E-state index in [4.69, 9.17) is 4.74 Å². The molecule has 2 aliphatic rings. The summed E-state index contributed by atoms with van der Waals surface area (Å²) in [6, 6.07) is 0.0428.